The summed E-state index contributed by atoms with van der Waals surface area (Å²) in [7, 11) is -3.02. The maximum Gasteiger partial charge on any atom is 0.166 e. The molecule has 0 amide bonds. The molecule has 1 aliphatic heterocycles. The van der Waals surface area contributed by atoms with Crippen LogP contribution >= 0.6 is 0 Å². The van der Waals surface area contributed by atoms with E-state index in [0.29, 0.717) is 12.0 Å². The highest BCUT2D eigenvalue weighted by atomic mass is 32.2. The molecular formula is C17H16O3S. The third-order valence-electron chi connectivity index (χ3n) is 3.88. The topological polar surface area (TPSA) is 51.2 Å². The second-order valence-electron chi connectivity index (χ2n) is 5.41. The van der Waals surface area contributed by atoms with Crippen molar-refractivity contribution in [2.75, 3.05) is 11.5 Å². The fourth-order valence-corrected chi connectivity index (χ4v) is 4.44. The van der Waals surface area contributed by atoms with Crippen molar-refractivity contribution in [1.29, 1.82) is 0 Å². The van der Waals surface area contributed by atoms with Crippen molar-refractivity contribution in [3.8, 4) is 11.1 Å². The number of ketones is 1. The van der Waals surface area contributed by atoms with Crippen LogP contribution in [-0.2, 0) is 9.84 Å². The average Bonchev–Trinajstić information content (AvgIpc) is 2.88. The van der Waals surface area contributed by atoms with Gasteiger partial charge >= 0.3 is 0 Å². The van der Waals surface area contributed by atoms with E-state index in [9.17, 15) is 13.2 Å². The molecule has 4 heteroatoms. The van der Waals surface area contributed by atoms with E-state index in [1.807, 2.05) is 42.5 Å². The molecule has 0 N–H and O–H groups in total. The standard InChI is InChI=1S/C17H16O3S/c18-17(16-10-11-21(19,20)12-16)15-8-6-14(7-9-15)13-4-2-1-3-5-13/h1-9,16H,10-12H2. The van der Waals surface area contributed by atoms with Crippen LogP contribution in [0.4, 0.5) is 0 Å². The summed E-state index contributed by atoms with van der Waals surface area (Å²) in [6, 6.07) is 17.3. The lowest BCUT2D eigenvalue weighted by Gasteiger charge is -2.08. The SMILES string of the molecule is O=C(c1ccc(-c2ccccc2)cc1)C1CCS(=O)(=O)C1. The first-order valence-electron chi connectivity index (χ1n) is 6.95. The first kappa shape index (κ1) is 14.0. The third kappa shape index (κ3) is 3.05. The van der Waals surface area contributed by atoms with E-state index in [-0.39, 0.29) is 23.2 Å². The Morgan fingerprint density at radius 1 is 0.905 bits per heavy atom. The maximum atomic E-state index is 12.3. The highest BCUT2D eigenvalue weighted by Crippen LogP contribution is 2.24. The number of rotatable bonds is 3. The molecule has 0 spiro atoms. The third-order valence-corrected chi connectivity index (χ3v) is 5.65. The molecule has 3 rings (SSSR count). The maximum absolute atomic E-state index is 12.3. The number of carbonyl (C=O) groups is 1. The summed E-state index contributed by atoms with van der Waals surface area (Å²) in [5, 5.41) is 0. The van der Waals surface area contributed by atoms with Gasteiger partial charge in [-0.1, -0.05) is 54.6 Å². The lowest BCUT2D eigenvalue weighted by atomic mass is 9.95. The molecule has 0 aromatic heterocycles. The van der Waals surface area contributed by atoms with Crippen molar-refractivity contribution < 1.29 is 13.2 Å². The molecule has 1 fully saturated rings. The molecule has 2 aromatic rings. The Morgan fingerprint density at radius 3 is 2.10 bits per heavy atom. The van der Waals surface area contributed by atoms with Crippen molar-refractivity contribution in [2.45, 2.75) is 6.42 Å². The number of hydrogen-bond acceptors (Lipinski definition) is 3. The Kier molecular flexibility index (Phi) is 3.64. The summed E-state index contributed by atoms with van der Waals surface area (Å²) in [5.41, 5.74) is 2.74. The van der Waals surface area contributed by atoms with Gasteiger partial charge in [0, 0.05) is 11.5 Å². The van der Waals surface area contributed by atoms with E-state index in [0.717, 1.165) is 11.1 Å². The van der Waals surface area contributed by atoms with Crippen molar-refractivity contribution in [1.82, 2.24) is 0 Å². The highest BCUT2D eigenvalue weighted by Gasteiger charge is 2.33. The molecule has 0 aliphatic carbocycles. The Bertz CT molecular complexity index is 746. The van der Waals surface area contributed by atoms with Gasteiger partial charge in [0.25, 0.3) is 0 Å². The molecule has 1 aliphatic rings. The van der Waals surface area contributed by atoms with E-state index in [1.54, 1.807) is 12.1 Å². The van der Waals surface area contributed by atoms with Gasteiger partial charge in [-0.3, -0.25) is 4.79 Å². The monoisotopic (exact) mass is 300 g/mol. The van der Waals surface area contributed by atoms with Crippen LogP contribution in [0, 0.1) is 5.92 Å². The Morgan fingerprint density at radius 2 is 1.52 bits per heavy atom. The van der Waals surface area contributed by atoms with Crippen LogP contribution in [0.5, 0.6) is 0 Å². The van der Waals surface area contributed by atoms with Crippen molar-refractivity contribution in [2.24, 2.45) is 5.92 Å². The van der Waals surface area contributed by atoms with Crippen LogP contribution in [0.15, 0.2) is 54.6 Å². The van der Waals surface area contributed by atoms with Gasteiger partial charge in [0.2, 0.25) is 0 Å². The quantitative estimate of drug-likeness (QED) is 0.819. The number of hydrogen-bond donors (Lipinski definition) is 0. The molecule has 1 atom stereocenters. The number of carbonyl (C=O) groups excluding carboxylic acids is 1. The Labute approximate surface area is 124 Å². The summed E-state index contributed by atoms with van der Waals surface area (Å²) in [5.74, 6) is -0.314. The van der Waals surface area contributed by atoms with E-state index in [1.165, 1.54) is 0 Å². The van der Waals surface area contributed by atoms with Crippen molar-refractivity contribution in [3.05, 3.63) is 60.2 Å². The van der Waals surface area contributed by atoms with Gasteiger partial charge in [-0.25, -0.2) is 8.42 Å². The van der Waals surface area contributed by atoms with E-state index < -0.39 is 9.84 Å². The van der Waals surface area contributed by atoms with Gasteiger partial charge in [-0.15, -0.1) is 0 Å². The predicted octanol–water partition coefficient (Wildman–Crippen LogP) is 2.97. The summed E-state index contributed by atoms with van der Waals surface area (Å²) in [6.07, 6.45) is 0.446. The second kappa shape index (κ2) is 5.45. The number of benzene rings is 2. The summed E-state index contributed by atoms with van der Waals surface area (Å²) >= 11 is 0. The number of sulfone groups is 1. The fourth-order valence-electron chi connectivity index (χ4n) is 2.70. The molecule has 2 aromatic carbocycles. The van der Waals surface area contributed by atoms with Gasteiger partial charge in [0.05, 0.1) is 11.5 Å². The molecule has 1 saturated heterocycles. The molecule has 1 unspecified atom stereocenters. The minimum absolute atomic E-state index is 0.00767. The second-order valence-corrected chi connectivity index (χ2v) is 7.64. The zero-order chi connectivity index (χ0) is 14.9. The van der Waals surface area contributed by atoms with Gasteiger partial charge < -0.3 is 0 Å². The van der Waals surface area contributed by atoms with Crippen LogP contribution in [-0.4, -0.2) is 25.7 Å². The molecule has 3 nitrogen and oxygen atoms in total. The molecule has 108 valence electrons. The van der Waals surface area contributed by atoms with E-state index in [2.05, 4.69) is 0 Å². The van der Waals surface area contributed by atoms with Gasteiger partial charge in [0.15, 0.2) is 15.6 Å². The molecular weight excluding hydrogens is 284 g/mol. The summed E-state index contributed by atoms with van der Waals surface area (Å²) < 4.78 is 22.9. The molecule has 0 saturated carbocycles. The lowest BCUT2D eigenvalue weighted by Crippen LogP contribution is -2.16. The first-order valence-corrected chi connectivity index (χ1v) is 8.77. The Hall–Kier alpha value is -1.94. The predicted molar refractivity (Wildman–Crippen MR) is 83.0 cm³/mol. The van der Waals surface area contributed by atoms with Crippen molar-refractivity contribution >= 4 is 15.6 Å². The molecule has 0 radical (unpaired) electrons. The largest absolute Gasteiger partial charge is 0.294 e. The van der Waals surface area contributed by atoms with E-state index >= 15 is 0 Å². The molecule has 1 heterocycles. The van der Waals surface area contributed by atoms with Crippen LogP contribution in [0.1, 0.15) is 16.8 Å². The van der Waals surface area contributed by atoms with Crippen LogP contribution in [0.25, 0.3) is 11.1 Å². The zero-order valence-corrected chi connectivity index (χ0v) is 12.3. The minimum Gasteiger partial charge on any atom is -0.294 e. The van der Waals surface area contributed by atoms with Crippen LogP contribution in [0.2, 0.25) is 0 Å². The molecule has 21 heavy (non-hydrogen) atoms. The highest BCUT2D eigenvalue weighted by molar-refractivity contribution is 7.91. The summed E-state index contributed by atoms with van der Waals surface area (Å²) in [4.78, 5) is 12.3. The lowest BCUT2D eigenvalue weighted by molar-refractivity contribution is 0.0933. The fraction of sp³-hybridized carbons (Fsp3) is 0.235. The smallest absolute Gasteiger partial charge is 0.166 e. The first-order chi connectivity index (χ1) is 10.1. The number of Topliss-reactive ketones (excluding diaryl/α,β-unsaturated/α-hetero) is 1. The zero-order valence-electron chi connectivity index (χ0n) is 11.5. The van der Waals surface area contributed by atoms with Gasteiger partial charge in [0.1, 0.15) is 0 Å². The average molecular weight is 300 g/mol. The van der Waals surface area contributed by atoms with Crippen LogP contribution in [0.3, 0.4) is 0 Å². The van der Waals surface area contributed by atoms with E-state index in [4.69, 9.17) is 0 Å². The van der Waals surface area contributed by atoms with Crippen LogP contribution < -0.4 is 0 Å². The summed E-state index contributed by atoms with van der Waals surface area (Å²) in [6.45, 7) is 0. The van der Waals surface area contributed by atoms with Crippen molar-refractivity contribution in [3.63, 3.8) is 0 Å². The van der Waals surface area contributed by atoms with Gasteiger partial charge in [-0.2, -0.15) is 0 Å². The Balaban J connectivity index is 1.80. The minimum atomic E-state index is -3.02. The van der Waals surface area contributed by atoms with Gasteiger partial charge in [-0.05, 0) is 17.5 Å². The molecule has 0 bridgehead atoms. The normalized spacial score (nSPS) is 20.3.